The highest BCUT2D eigenvalue weighted by atomic mass is 32.1. The van der Waals surface area contributed by atoms with Crippen LogP contribution in [0.15, 0.2) is 36.4 Å². The fourth-order valence-electron chi connectivity index (χ4n) is 1.56. The Bertz CT molecular complexity index is 518. The van der Waals surface area contributed by atoms with Gasteiger partial charge in [-0.15, -0.1) is 0 Å². The van der Waals surface area contributed by atoms with Crippen molar-refractivity contribution in [3.05, 3.63) is 70.8 Å². The zero-order valence-electron chi connectivity index (χ0n) is 10.5. The van der Waals surface area contributed by atoms with Crippen LogP contribution in [-0.2, 0) is 6.42 Å². The standard InChI is InChI=1S/C13H8F4.2H2OS/c14-10-1-3-12(16)8(6-10)5-9-7-11(15)2-4-13(9)17;2*1-2/h1-4,6-7H,5H2;2*1-2H. The fourth-order valence-corrected chi connectivity index (χ4v) is 1.56. The van der Waals surface area contributed by atoms with Gasteiger partial charge >= 0.3 is 0 Å². The van der Waals surface area contributed by atoms with E-state index in [0.717, 1.165) is 36.4 Å². The molecule has 0 fully saturated rings. The van der Waals surface area contributed by atoms with E-state index in [1.165, 1.54) is 0 Å². The lowest BCUT2D eigenvalue weighted by molar-refractivity contribution is 0.575. The van der Waals surface area contributed by atoms with Crippen molar-refractivity contribution in [3.63, 3.8) is 0 Å². The van der Waals surface area contributed by atoms with Gasteiger partial charge in [0.1, 0.15) is 23.3 Å². The highest BCUT2D eigenvalue weighted by molar-refractivity contribution is 7.74. The summed E-state index contributed by atoms with van der Waals surface area (Å²) < 4.78 is 65.8. The molecule has 0 aromatic heterocycles. The molecule has 116 valence electrons. The van der Waals surface area contributed by atoms with Crippen molar-refractivity contribution >= 4 is 25.8 Å². The van der Waals surface area contributed by atoms with Gasteiger partial charge < -0.3 is 9.11 Å². The summed E-state index contributed by atoms with van der Waals surface area (Å²) in [6, 6.07) is 5.81. The van der Waals surface area contributed by atoms with Crippen LogP contribution in [0.3, 0.4) is 0 Å². The predicted molar refractivity (Wildman–Crippen MR) is 78.8 cm³/mol. The summed E-state index contributed by atoms with van der Waals surface area (Å²) in [4.78, 5) is 0. The molecule has 0 heterocycles. The molecule has 2 aromatic carbocycles. The van der Waals surface area contributed by atoms with E-state index in [1.807, 2.05) is 0 Å². The Morgan fingerprint density at radius 2 is 1.00 bits per heavy atom. The van der Waals surface area contributed by atoms with Crippen LogP contribution >= 0.6 is 25.8 Å². The molecule has 0 aliphatic carbocycles. The molecule has 0 unspecified atom stereocenters. The van der Waals surface area contributed by atoms with Gasteiger partial charge in [-0.25, -0.2) is 17.6 Å². The number of hydrogen-bond acceptors (Lipinski definition) is 4. The van der Waals surface area contributed by atoms with Crippen LogP contribution in [0.1, 0.15) is 11.1 Å². The van der Waals surface area contributed by atoms with E-state index in [-0.39, 0.29) is 17.5 Å². The average molecular weight is 340 g/mol. The summed E-state index contributed by atoms with van der Waals surface area (Å²) in [6.07, 6.45) is -0.187. The first-order chi connectivity index (χ1) is 10.1. The Morgan fingerprint density at radius 3 is 1.33 bits per heavy atom. The minimum absolute atomic E-state index is 0.00509. The Hall–Kier alpha value is -1.22. The third-order valence-corrected chi connectivity index (χ3v) is 2.40. The van der Waals surface area contributed by atoms with Crippen LogP contribution in [0.4, 0.5) is 17.6 Å². The molecule has 0 amide bonds. The lowest BCUT2D eigenvalue weighted by Gasteiger charge is -2.05. The summed E-state index contributed by atoms with van der Waals surface area (Å²) in [7, 11) is 0. The summed E-state index contributed by atoms with van der Waals surface area (Å²) in [5, 5.41) is 0. The average Bonchev–Trinajstić information content (AvgIpc) is 2.51. The number of hydrogen-bond donors (Lipinski definition) is 4. The normalized spacial score (nSPS) is 9.14. The van der Waals surface area contributed by atoms with Crippen molar-refractivity contribution in [3.8, 4) is 0 Å². The molecule has 0 saturated carbocycles. The van der Waals surface area contributed by atoms with Crippen LogP contribution < -0.4 is 0 Å². The minimum Gasteiger partial charge on any atom is -0.333 e. The molecule has 21 heavy (non-hydrogen) atoms. The van der Waals surface area contributed by atoms with E-state index in [0.29, 0.717) is 0 Å². The van der Waals surface area contributed by atoms with Gasteiger partial charge in [-0.2, -0.15) is 0 Å². The maximum Gasteiger partial charge on any atom is 0.126 e. The van der Waals surface area contributed by atoms with Gasteiger partial charge in [-0.05, 0) is 73.3 Å². The topological polar surface area (TPSA) is 40.5 Å². The Kier molecular flexibility index (Phi) is 9.89. The fraction of sp³-hybridized carbons (Fsp3) is 0.0769. The smallest absolute Gasteiger partial charge is 0.126 e. The lowest BCUT2D eigenvalue weighted by atomic mass is 10.0. The SMILES string of the molecule is Fc1ccc(F)c(Cc2cc(F)ccc2F)c1.OS.OS. The largest absolute Gasteiger partial charge is 0.333 e. The van der Waals surface area contributed by atoms with Gasteiger partial charge in [0.15, 0.2) is 0 Å². The second kappa shape index (κ2) is 10.5. The third kappa shape index (κ3) is 6.38. The molecule has 8 heteroatoms. The van der Waals surface area contributed by atoms with Gasteiger partial charge in [-0.1, -0.05) is 0 Å². The molecular formula is C13H12F4O2S2. The summed E-state index contributed by atoms with van der Waals surface area (Å²) >= 11 is 5.06. The Balaban J connectivity index is 0.000000921. The second-order valence-electron chi connectivity index (χ2n) is 3.65. The zero-order chi connectivity index (χ0) is 16.4. The molecule has 2 aromatic rings. The number of rotatable bonds is 2. The molecule has 0 spiro atoms. The quantitative estimate of drug-likeness (QED) is 0.366. The summed E-state index contributed by atoms with van der Waals surface area (Å²) in [6.45, 7) is 0. The highest BCUT2D eigenvalue weighted by Crippen LogP contribution is 2.18. The first kappa shape index (κ1) is 19.8. The molecule has 2 nitrogen and oxygen atoms in total. The predicted octanol–water partition coefficient (Wildman–Crippen LogP) is 4.61. The number of halogens is 4. The molecule has 0 bridgehead atoms. The maximum atomic E-state index is 13.3. The Labute approximate surface area is 130 Å². The summed E-state index contributed by atoms with van der Waals surface area (Å²) in [5.74, 6) is -2.51. The van der Waals surface area contributed by atoms with Crippen molar-refractivity contribution in [2.45, 2.75) is 6.42 Å². The minimum atomic E-state index is -0.643. The molecule has 2 rings (SSSR count). The lowest BCUT2D eigenvalue weighted by Crippen LogP contribution is -1.97. The molecule has 0 saturated heterocycles. The molecule has 0 radical (unpaired) electrons. The molecule has 0 aliphatic rings. The van der Waals surface area contributed by atoms with E-state index in [1.54, 1.807) is 0 Å². The van der Waals surface area contributed by atoms with E-state index >= 15 is 0 Å². The molecule has 0 atom stereocenters. The molecule has 0 aliphatic heterocycles. The van der Waals surface area contributed by atoms with E-state index < -0.39 is 23.3 Å². The van der Waals surface area contributed by atoms with Crippen LogP contribution in [0.2, 0.25) is 0 Å². The molecular weight excluding hydrogens is 328 g/mol. The van der Waals surface area contributed by atoms with Crippen LogP contribution in [0.5, 0.6) is 0 Å². The first-order valence-electron chi connectivity index (χ1n) is 5.34. The van der Waals surface area contributed by atoms with Gasteiger partial charge in [0.25, 0.3) is 0 Å². The van der Waals surface area contributed by atoms with Gasteiger partial charge in [0.05, 0.1) is 0 Å². The van der Waals surface area contributed by atoms with E-state index in [4.69, 9.17) is 9.11 Å². The van der Waals surface area contributed by atoms with E-state index in [9.17, 15) is 17.6 Å². The van der Waals surface area contributed by atoms with Gasteiger partial charge in [0.2, 0.25) is 0 Å². The van der Waals surface area contributed by atoms with Crippen molar-refractivity contribution < 1.29 is 26.7 Å². The van der Waals surface area contributed by atoms with E-state index in [2.05, 4.69) is 25.8 Å². The van der Waals surface area contributed by atoms with Crippen molar-refractivity contribution in [1.82, 2.24) is 0 Å². The van der Waals surface area contributed by atoms with Gasteiger partial charge in [-0.3, -0.25) is 0 Å². The van der Waals surface area contributed by atoms with Crippen LogP contribution in [0.25, 0.3) is 0 Å². The van der Waals surface area contributed by atoms with Crippen LogP contribution in [-0.4, -0.2) is 9.11 Å². The monoisotopic (exact) mass is 340 g/mol. The van der Waals surface area contributed by atoms with Crippen LogP contribution in [0, 0.1) is 23.3 Å². The number of thiol groups is 2. The zero-order valence-corrected chi connectivity index (χ0v) is 12.3. The van der Waals surface area contributed by atoms with Crippen molar-refractivity contribution in [2.24, 2.45) is 0 Å². The first-order valence-corrected chi connectivity index (χ1v) is 6.14. The number of benzene rings is 2. The third-order valence-electron chi connectivity index (χ3n) is 2.40. The summed E-state index contributed by atoms with van der Waals surface area (Å²) in [5.41, 5.74) is -0.0102. The highest BCUT2D eigenvalue weighted by Gasteiger charge is 2.09. The molecule has 2 N–H and O–H groups in total. The van der Waals surface area contributed by atoms with Crippen molar-refractivity contribution in [2.75, 3.05) is 0 Å². The van der Waals surface area contributed by atoms with Gasteiger partial charge in [0, 0.05) is 6.42 Å². The Morgan fingerprint density at radius 1 is 0.667 bits per heavy atom. The second-order valence-corrected chi connectivity index (χ2v) is 3.65. The van der Waals surface area contributed by atoms with Crippen molar-refractivity contribution in [1.29, 1.82) is 0 Å². The maximum absolute atomic E-state index is 13.3.